The molecule has 1 aliphatic carbocycles. The molecule has 4 aromatic carbocycles. The van der Waals surface area contributed by atoms with Gasteiger partial charge >= 0.3 is 0 Å². The summed E-state index contributed by atoms with van der Waals surface area (Å²) in [5.41, 5.74) is 6.65. The molecule has 6 rings (SSSR count). The molecule has 0 spiro atoms. The molecule has 0 fully saturated rings. The molecule has 5 nitrogen and oxygen atoms in total. The van der Waals surface area contributed by atoms with E-state index in [9.17, 15) is 10.2 Å². The van der Waals surface area contributed by atoms with Crippen molar-refractivity contribution in [2.24, 2.45) is 4.99 Å². The molecule has 0 saturated carbocycles. The number of aliphatic hydroxyl groups excluding tert-OH is 2. The van der Waals surface area contributed by atoms with Crippen LogP contribution >= 0.6 is 0 Å². The maximum Gasteiger partial charge on any atom is 0.137 e. The highest BCUT2D eigenvalue weighted by atomic mass is 16.3. The van der Waals surface area contributed by atoms with Gasteiger partial charge in [0.05, 0.1) is 18.6 Å². The van der Waals surface area contributed by atoms with Gasteiger partial charge in [-0.1, -0.05) is 36.4 Å². The van der Waals surface area contributed by atoms with E-state index in [1.54, 1.807) is 7.05 Å². The van der Waals surface area contributed by atoms with Crippen LogP contribution in [-0.2, 0) is 13.2 Å². The summed E-state index contributed by atoms with van der Waals surface area (Å²) in [6.45, 7) is -0.167. The van der Waals surface area contributed by atoms with Gasteiger partial charge < -0.3 is 19.5 Å². The Morgan fingerprint density at radius 2 is 1.41 bits per heavy atom. The fourth-order valence-corrected chi connectivity index (χ4v) is 5.45. The molecule has 0 saturated heterocycles. The lowest BCUT2D eigenvalue weighted by Gasteiger charge is -2.19. The third kappa shape index (κ3) is 3.67. The van der Waals surface area contributed by atoms with Crippen LogP contribution in [0.4, 0.5) is 5.69 Å². The van der Waals surface area contributed by atoms with Gasteiger partial charge in [0.2, 0.25) is 0 Å². The maximum absolute atomic E-state index is 10.4. The molecule has 5 heteroatoms. The van der Waals surface area contributed by atoms with Crippen LogP contribution < -0.4 is 10.3 Å². The highest BCUT2D eigenvalue weighted by Gasteiger charge is 2.20. The zero-order chi connectivity index (χ0) is 25.7. The molecule has 0 amide bonds. The van der Waals surface area contributed by atoms with E-state index in [0.29, 0.717) is 0 Å². The average molecular weight is 489 g/mol. The van der Waals surface area contributed by atoms with Crippen molar-refractivity contribution in [2.75, 3.05) is 26.0 Å². The van der Waals surface area contributed by atoms with Crippen LogP contribution in [0.1, 0.15) is 11.1 Å². The highest BCUT2D eigenvalue weighted by Crippen LogP contribution is 2.43. The van der Waals surface area contributed by atoms with E-state index < -0.39 is 0 Å². The molecule has 0 atom stereocenters. The van der Waals surface area contributed by atoms with Gasteiger partial charge in [-0.15, -0.1) is 0 Å². The van der Waals surface area contributed by atoms with E-state index in [2.05, 4.69) is 52.4 Å². The van der Waals surface area contributed by atoms with Crippen LogP contribution in [0.5, 0.6) is 0 Å². The van der Waals surface area contributed by atoms with Crippen LogP contribution in [0, 0.1) is 0 Å². The first-order valence-corrected chi connectivity index (χ1v) is 12.3. The Hall–Kier alpha value is -4.19. The Labute approximate surface area is 214 Å². The van der Waals surface area contributed by atoms with Crippen molar-refractivity contribution in [3.8, 4) is 22.5 Å². The van der Waals surface area contributed by atoms with E-state index in [0.717, 1.165) is 77.1 Å². The van der Waals surface area contributed by atoms with Crippen molar-refractivity contribution in [1.29, 1.82) is 0 Å². The van der Waals surface area contributed by atoms with Gasteiger partial charge in [0.15, 0.2) is 0 Å². The number of rotatable bonds is 4. The van der Waals surface area contributed by atoms with Gasteiger partial charge in [-0.2, -0.15) is 0 Å². The van der Waals surface area contributed by atoms with Crippen molar-refractivity contribution >= 4 is 38.2 Å². The summed E-state index contributed by atoms with van der Waals surface area (Å²) >= 11 is 0. The van der Waals surface area contributed by atoms with E-state index in [-0.39, 0.29) is 13.2 Å². The quantitative estimate of drug-likeness (QED) is 0.295. The molecule has 184 valence electrons. The number of hydrogen-bond acceptors (Lipinski definition) is 5. The van der Waals surface area contributed by atoms with E-state index in [4.69, 9.17) is 4.42 Å². The Bertz CT molecular complexity index is 1850. The first-order chi connectivity index (χ1) is 18.0. The Kier molecular flexibility index (Phi) is 5.67. The standard InChI is InChI=1S/C32H28N2O3/c1-33-20-9-12-25-30(15-20)37-31-16-21(34(2)3)10-13-26(31)32(25)19-8-11-24-27(14-19)29(18-36)23-7-5-4-6-22(23)28(24)17-35/h4-16,35-36H,17-18H2,1-3H3/b33-20+. The minimum absolute atomic E-state index is 0.0746. The van der Waals surface area contributed by atoms with Gasteiger partial charge in [-0.3, -0.25) is 4.99 Å². The zero-order valence-electron chi connectivity index (χ0n) is 21.1. The molecular formula is C32H28N2O3. The van der Waals surface area contributed by atoms with E-state index >= 15 is 0 Å². The molecule has 0 aromatic heterocycles. The van der Waals surface area contributed by atoms with Gasteiger partial charge in [0.25, 0.3) is 0 Å². The topological polar surface area (TPSA) is 69.2 Å². The molecule has 0 unspecified atom stereocenters. The second-order valence-corrected chi connectivity index (χ2v) is 9.54. The molecular weight excluding hydrogens is 460 g/mol. The fraction of sp³-hybridized carbons (Fsp3) is 0.156. The molecule has 37 heavy (non-hydrogen) atoms. The smallest absolute Gasteiger partial charge is 0.137 e. The SMILES string of the molecule is C/N=c1\ccc2c(-c3ccc4c(CO)c5ccccc5c(CO)c4c3)c3ccc(N(C)C)cc3oc-2c1. The van der Waals surface area contributed by atoms with Crippen LogP contribution in [0.2, 0.25) is 0 Å². The summed E-state index contributed by atoms with van der Waals surface area (Å²) in [4.78, 5) is 6.40. The number of anilines is 1. The molecule has 0 bridgehead atoms. The van der Waals surface area contributed by atoms with E-state index in [1.807, 2.05) is 50.5 Å². The van der Waals surface area contributed by atoms with Crippen molar-refractivity contribution in [3.63, 3.8) is 0 Å². The molecule has 0 radical (unpaired) electrons. The molecule has 1 aliphatic heterocycles. The van der Waals surface area contributed by atoms with Crippen molar-refractivity contribution in [2.45, 2.75) is 13.2 Å². The predicted octanol–water partition coefficient (Wildman–Crippen LogP) is 6.09. The van der Waals surface area contributed by atoms with Crippen LogP contribution in [0.3, 0.4) is 0 Å². The summed E-state index contributed by atoms with van der Waals surface area (Å²) in [6.07, 6.45) is 0. The van der Waals surface area contributed by atoms with Gasteiger partial charge in [0.1, 0.15) is 11.3 Å². The first-order valence-electron chi connectivity index (χ1n) is 12.3. The maximum atomic E-state index is 10.4. The largest absolute Gasteiger partial charge is 0.456 e. The van der Waals surface area contributed by atoms with Crippen LogP contribution in [-0.4, -0.2) is 31.4 Å². The lowest BCUT2D eigenvalue weighted by Crippen LogP contribution is -2.08. The van der Waals surface area contributed by atoms with Gasteiger partial charge in [-0.05, 0) is 68.6 Å². The number of benzene rings is 5. The summed E-state index contributed by atoms with van der Waals surface area (Å²) in [6, 6.07) is 26.6. The zero-order valence-corrected chi connectivity index (χ0v) is 21.1. The van der Waals surface area contributed by atoms with Crippen LogP contribution in [0.25, 0.3) is 55.0 Å². The predicted molar refractivity (Wildman–Crippen MR) is 151 cm³/mol. The normalized spacial score (nSPS) is 12.3. The van der Waals surface area contributed by atoms with Crippen molar-refractivity contribution < 1.29 is 14.6 Å². The lowest BCUT2D eigenvalue weighted by molar-refractivity contribution is 0.282. The first kappa shape index (κ1) is 23.2. The number of nitrogens with zero attached hydrogens (tertiary/aromatic N) is 2. The summed E-state index contributed by atoms with van der Waals surface area (Å²) in [5.74, 6) is 0.763. The second kappa shape index (κ2) is 9.04. The Balaban J connectivity index is 1.74. The van der Waals surface area contributed by atoms with E-state index in [1.165, 1.54) is 0 Å². The molecule has 1 heterocycles. The van der Waals surface area contributed by atoms with Gasteiger partial charge in [0, 0.05) is 55.5 Å². The Morgan fingerprint density at radius 1 is 0.730 bits per heavy atom. The molecule has 4 aromatic rings. The number of aliphatic hydroxyl groups is 2. The highest BCUT2D eigenvalue weighted by molar-refractivity contribution is 6.09. The molecule has 2 N–H and O–H groups in total. The Morgan fingerprint density at radius 3 is 2.08 bits per heavy atom. The minimum Gasteiger partial charge on any atom is -0.456 e. The summed E-state index contributed by atoms with van der Waals surface area (Å²) in [5, 5.41) is 26.4. The fourth-order valence-electron chi connectivity index (χ4n) is 5.45. The minimum atomic E-state index is -0.0919. The monoisotopic (exact) mass is 488 g/mol. The lowest BCUT2D eigenvalue weighted by atomic mass is 9.88. The third-order valence-electron chi connectivity index (χ3n) is 7.32. The van der Waals surface area contributed by atoms with Crippen molar-refractivity contribution in [1.82, 2.24) is 0 Å². The summed E-state index contributed by atoms with van der Waals surface area (Å²) in [7, 11) is 5.80. The molecule has 2 aliphatic rings. The number of hydrogen-bond donors (Lipinski definition) is 2. The average Bonchev–Trinajstić information content (AvgIpc) is 2.93. The number of fused-ring (bicyclic) bond motifs is 4. The van der Waals surface area contributed by atoms with Gasteiger partial charge in [-0.25, -0.2) is 0 Å². The van der Waals surface area contributed by atoms with Crippen LogP contribution in [0.15, 0.2) is 88.3 Å². The third-order valence-corrected chi connectivity index (χ3v) is 7.32. The summed E-state index contributed by atoms with van der Waals surface area (Å²) < 4.78 is 6.41. The van der Waals surface area contributed by atoms with Crippen molar-refractivity contribution in [3.05, 3.63) is 95.3 Å². The second-order valence-electron chi connectivity index (χ2n) is 9.54.